The van der Waals surface area contributed by atoms with E-state index < -0.39 is 17.7 Å². The van der Waals surface area contributed by atoms with Crippen LogP contribution in [0.5, 0.6) is 0 Å². The quantitative estimate of drug-likeness (QED) is 0.794. The van der Waals surface area contributed by atoms with Gasteiger partial charge in [-0.2, -0.15) is 0 Å². The van der Waals surface area contributed by atoms with Gasteiger partial charge in [-0.05, 0) is 26.8 Å². The van der Waals surface area contributed by atoms with E-state index in [4.69, 9.17) is 9.84 Å². The van der Waals surface area contributed by atoms with Crippen LogP contribution in [0, 0.1) is 0 Å². The van der Waals surface area contributed by atoms with E-state index in [0.29, 0.717) is 5.69 Å². The van der Waals surface area contributed by atoms with Gasteiger partial charge >= 0.3 is 12.1 Å². The number of hydrogen-bond donors (Lipinski definition) is 1. The van der Waals surface area contributed by atoms with E-state index in [1.165, 1.54) is 18.6 Å². The molecule has 0 fully saturated rings. The van der Waals surface area contributed by atoms with Crippen molar-refractivity contribution in [1.29, 1.82) is 0 Å². The monoisotopic (exact) mass is 238 g/mol. The second-order valence-corrected chi connectivity index (χ2v) is 4.36. The van der Waals surface area contributed by atoms with Crippen LogP contribution < -0.4 is 0 Å². The summed E-state index contributed by atoms with van der Waals surface area (Å²) < 4.78 is 6.27. The number of aromatic nitrogens is 2. The largest absolute Gasteiger partial charge is 0.478 e. The van der Waals surface area contributed by atoms with Crippen molar-refractivity contribution < 1.29 is 19.4 Å². The molecule has 0 aliphatic heterocycles. The van der Waals surface area contributed by atoms with Gasteiger partial charge in [-0.3, -0.25) is 0 Å². The molecule has 1 N–H and O–H groups in total. The molecule has 0 radical (unpaired) electrons. The highest BCUT2D eigenvalue weighted by atomic mass is 16.6. The fourth-order valence-corrected chi connectivity index (χ4v) is 0.995. The summed E-state index contributed by atoms with van der Waals surface area (Å²) in [6.45, 7) is 5.27. The number of carbonyl (C=O) groups is 2. The molecule has 0 saturated carbocycles. The van der Waals surface area contributed by atoms with Gasteiger partial charge in [-0.25, -0.2) is 19.1 Å². The molecule has 0 saturated heterocycles. The summed E-state index contributed by atoms with van der Waals surface area (Å²) in [5, 5.41) is 8.43. The van der Waals surface area contributed by atoms with Crippen LogP contribution in [0.3, 0.4) is 0 Å². The minimum absolute atomic E-state index is 0.373. The Balaban J connectivity index is 2.74. The van der Waals surface area contributed by atoms with Crippen molar-refractivity contribution >= 4 is 18.1 Å². The Hall–Kier alpha value is -2.11. The molecule has 1 aromatic heterocycles. The van der Waals surface area contributed by atoms with Gasteiger partial charge in [0.15, 0.2) is 0 Å². The first-order valence-corrected chi connectivity index (χ1v) is 4.96. The summed E-state index contributed by atoms with van der Waals surface area (Å²) in [4.78, 5) is 25.7. The summed E-state index contributed by atoms with van der Waals surface area (Å²) in [6.07, 6.45) is 4.36. The molecule has 0 bridgehead atoms. The van der Waals surface area contributed by atoms with E-state index in [1.54, 1.807) is 20.8 Å². The van der Waals surface area contributed by atoms with Crippen LogP contribution in [0.15, 0.2) is 18.6 Å². The zero-order chi connectivity index (χ0) is 13.1. The van der Waals surface area contributed by atoms with Crippen molar-refractivity contribution in [3.63, 3.8) is 0 Å². The van der Waals surface area contributed by atoms with Crippen molar-refractivity contribution in [2.75, 3.05) is 0 Å². The Morgan fingerprint density at radius 1 is 1.47 bits per heavy atom. The zero-order valence-corrected chi connectivity index (χ0v) is 9.88. The minimum atomic E-state index is -1.07. The van der Waals surface area contributed by atoms with Gasteiger partial charge in [0.25, 0.3) is 0 Å². The topological polar surface area (TPSA) is 81.4 Å². The van der Waals surface area contributed by atoms with Crippen LogP contribution in [0.25, 0.3) is 6.08 Å². The van der Waals surface area contributed by atoms with E-state index in [-0.39, 0.29) is 0 Å². The van der Waals surface area contributed by atoms with Crippen LogP contribution in [-0.2, 0) is 9.53 Å². The van der Waals surface area contributed by atoms with Gasteiger partial charge in [0.2, 0.25) is 0 Å². The number of ether oxygens (including phenoxy) is 1. The van der Waals surface area contributed by atoms with Crippen LogP contribution in [0.4, 0.5) is 4.79 Å². The van der Waals surface area contributed by atoms with Gasteiger partial charge in [-0.15, -0.1) is 0 Å². The number of imidazole rings is 1. The summed E-state index contributed by atoms with van der Waals surface area (Å²) in [7, 11) is 0. The lowest BCUT2D eigenvalue weighted by Crippen LogP contribution is -2.26. The molecule has 0 aromatic carbocycles. The molecule has 92 valence electrons. The lowest BCUT2D eigenvalue weighted by molar-refractivity contribution is -0.131. The summed E-state index contributed by atoms with van der Waals surface area (Å²) >= 11 is 0. The van der Waals surface area contributed by atoms with Gasteiger partial charge in [-0.1, -0.05) is 0 Å². The maximum atomic E-state index is 11.6. The second-order valence-electron chi connectivity index (χ2n) is 4.36. The van der Waals surface area contributed by atoms with E-state index in [0.717, 1.165) is 10.6 Å². The highest BCUT2D eigenvalue weighted by Gasteiger charge is 2.17. The van der Waals surface area contributed by atoms with Gasteiger partial charge in [0.1, 0.15) is 11.9 Å². The first-order valence-electron chi connectivity index (χ1n) is 4.96. The van der Waals surface area contributed by atoms with Gasteiger partial charge < -0.3 is 9.84 Å². The third-order valence-corrected chi connectivity index (χ3v) is 1.60. The first-order chi connectivity index (χ1) is 7.78. The average Bonchev–Trinajstić information content (AvgIpc) is 2.60. The molecule has 0 amide bonds. The highest BCUT2D eigenvalue weighted by molar-refractivity contribution is 5.85. The van der Waals surface area contributed by atoms with E-state index >= 15 is 0 Å². The smallest absolute Gasteiger partial charge is 0.419 e. The van der Waals surface area contributed by atoms with Crippen molar-refractivity contribution in [2.45, 2.75) is 26.4 Å². The highest BCUT2D eigenvalue weighted by Crippen LogP contribution is 2.09. The molecule has 1 rings (SSSR count). The molecule has 6 nitrogen and oxygen atoms in total. The minimum Gasteiger partial charge on any atom is -0.478 e. The molecule has 1 aromatic rings. The Bertz CT molecular complexity index is 454. The normalized spacial score (nSPS) is 11.7. The summed E-state index contributed by atoms with van der Waals surface area (Å²) in [6, 6.07) is 0. The number of hydrogen-bond acceptors (Lipinski definition) is 4. The maximum Gasteiger partial charge on any atom is 0.419 e. The molecule has 17 heavy (non-hydrogen) atoms. The van der Waals surface area contributed by atoms with E-state index in [9.17, 15) is 9.59 Å². The zero-order valence-electron chi connectivity index (χ0n) is 9.88. The predicted molar refractivity (Wildman–Crippen MR) is 60.5 cm³/mol. The van der Waals surface area contributed by atoms with E-state index in [2.05, 4.69) is 4.98 Å². The Morgan fingerprint density at radius 3 is 2.65 bits per heavy atom. The molecule has 0 spiro atoms. The number of nitrogens with zero attached hydrogens (tertiary/aromatic N) is 2. The van der Waals surface area contributed by atoms with Crippen molar-refractivity contribution in [3.05, 3.63) is 24.3 Å². The van der Waals surface area contributed by atoms with Crippen molar-refractivity contribution in [3.8, 4) is 0 Å². The van der Waals surface area contributed by atoms with Crippen LogP contribution >= 0.6 is 0 Å². The van der Waals surface area contributed by atoms with Crippen molar-refractivity contribution in [2.24, 2.45) is 0 Å². The lowest BCUT2D eigenvalue weighted by atomic mass is 10.2. The average molecular weight is 238 g/mol. The molecule has 6 heteroatoms. The summed E-state index contributed by atoms with van der Waals surface area (Å²) in [5.74, 6) is -1.07. The molecule has 0 aliphatic rings. The Kier molecular flexibility index (Phi) is 3.67. The number of rotatable bonds is 2. The number of carbonyl (C=O) groups excluding carboxylic acids is 1. The predicted octanol–water partition coefficient (Wildman–Crippen LogP) is 1.76. The third-order valence-electron chi connectivity index (χ3n) is 1.60. The SMILES string of the molecule is CC(C)(C)OC(=O)n1cnc(C=CC(=O)O)c1. The molecule has 0 atom stereocenters. The van der Waals surface area contributed by atoms with Gasteiger partial charge in [0, 0.05) is 12.3 Å². The standard InChI is InChI=1S/C11H14N2O4/c1-11(2,3)17-10(16)13-6-8(12-7-13)4-5-9(14)15/h4-7H,1-3H3,(H,14,15). The molecule has 0 aliphatic carbocycles. The maximum absolute atomic E-state index is 11.6. The molecular formula is C11H14N2O4. The number of aliphatic carboxylic acids is 1. The first kappa shape index (κ1) is 13.0. The fourth-order valence-electron chi connectivity index (χ4n) is 0.995. The van der Waals surface area contributed by atoms with Crippen LogP contribution in [0.2, 0.25) is 0 Å². The second kappa shape index (κ2) is 4.82. The number of carboxylic acid groups (broad SMARTS) is 1. The molecule has 0 unspecified atom stereocenters. The van der Waals surface area contributed by atoms with E-state index in [1.807, 2.05) is 0 Å². The molecular weight excluding hydrogens is 224 g/mol. The molecule has 1 heterocycles. The van der Waals surface area contributed by atoms with Crippen LogP contribution in [0.1, 0.15) is 26.5 Å². The summed E-state index contributed by atoms with van der Waals surface area (Å²) in [5.41, 5.74) is -0.212. The third kappa shape index (κ3) is 4.50. The lowest BCUT2D eigenvalue weighted by Gasteiger charge is -2.18. The van der Waals surface area contributed by atoms with Crippen LogP contribution in [-0.4, -0.2) is 32.3 Å². The number of carboxylic acids is 1. The Morgan fingerprint density at radius 2 is 2.12 bits per heavy atom. The van der Waals surface area contributed by atoms with Crippen molar-refractivity contribution in [1.82, 2.24) is 9.55 Å². The Labute approximate surface area is 98.5 Å². The fraction of sp³-hybridized carbons (Fsp3) is 0.364. The van der Waals surface area contributed by atoms with Gasteiger partial charge in [0.05, 0.1) is 5.69 Å².